The van der Waals surface area contributed by atoms with Crippen molar-refractivity contribution in [3.05, 3.63) is 35.4 Å². The zero-order valence-corrected chi connectivity index (χ0v) is 13.7. The topological polar surface area (TPSA) is 84.2 Å². The number of hydrogen-bond donors (Lipinski definition) is 3. The number of carbonyl (C=O) groups excluding carboxylic acids is 2. The molecule has 1 aromatic rings. The molecule has 0 saturated heterocycles. The van der Waals surface area contributed by atoms with Crippen molar-refractivity contribution >= 4 is 24.2 Å². The maximum atomic E-state index is 13.4. The van der Waals surface area contributed by atoms with E-state index in [4.69, 9.17) is 5.73 Å². The number of carbonyl (C=O) groups is 2. The second-order valence-electron chi connectivity index (χ2n) is 5.10. The van der Waals surface area contributed by atoms with E-state index in [0.29, 0.717) is 25.5 Å². The Labute approximate surface area is 140 Å². The Morgan fingerprint density at radius 3 is 2.52 bits per heavy atom. The van der Waals surface area contributed by atoms with Crippen LogP contribution in [-0.2, 0) is 4.79 Å². The van der Waals surface area contributed by atoms with E-state index in [-0.39, 0.29) is 42.9 Å². The summed E-state index contributed by atoms with van der Waals surface area (Å²) in [5.41, 5.74) is 5.34. The number of amides is 2. The zero-order chi connectivity index (χ0) is 16.5. The molecule has 0 aromatic heterocycles. The predicted octanol–water partition coefficient (Wildman–Crippen LogP) is 1.75. The van der Waals surface area contributed by atoms with Crippen molar-refractivity contribution in [1.29, 1.82) is 0 Å². The molecule has 130 valence electrons. The van der Waals surface area contributed by atoms with E-state index in [2.05, 4.69) is 10.6 Å². The Balaban J connectivity index is 0.00000484. The summed E-state index contributed by atoms with van der Waals surface area (Å²) in [6.07, 6.45) is 1.38. The largest absolute Gasteiger partial charge is 0.356 e. The number of halogens is 3. The Morgan fingerprint density at radius 1 is 1.22 bits per heavy atom. The number of rotatable bonds is 8. The molecule has 0 saturated carbocycles. The molecular formula is C15H22ClF2N3O2. The molecule has 23 heavy (non-hydrogen) atoms. The Morgan fingerprint density at radius 2 is 1.91 bits per heavy atom. The second kappa shape index (κ2) is 10.9. The molecule has 1 unspecified atom stereocenters. The zero-order valence-electron chi connectivity index (χ0n) is 12.9. The molecule has 0 spiro atoms. The van der Waals surface area contributed by atoms with Crippen molar-refractivity contribution in [2.24, 2.45) is 5.73 Å². The highest BCUT2D eigenvalue weighted by Gasteiger charge is 2.12. The fraction of sp³-hybridized carbons (Fsp3) is 0.467. The van der Waals surface area contributed by atoms with Crippen molar-refractivity contribution in [2.75, 3.05) is 13.1 Å². The minimum atomic E-state index is -0.911. The van der Waals surface area contributed by atoms with Gasteiger partial charge in [0, 0.05) is 31.6 Å². The van der Waals surface area contributed by atoms with Gasteiger partial charge in [0.2, 0.25) is 5.91 Å². The molecule has 0 radical (unpaired) electrons. The summed E-state index contributed by atoms with van der Waals surface area (Å²) in [5.74, 6) is -2.40. The van der Waals surface area contributed by atoms with Crippen molar-refractivity contribution in [2.45, 2.75) is 32.2 Å². The van der Waals surface area contributed by atoms with Crippen LogP contribution in [0.5, 0.6) is 0 Å². The predicted molar refractivity (Wildman–Crippen MR) is 86.4 cm³/mol. The molecule has 0 aliphatic heterocycles. The van der Waals surface area contributed by atoms with Crippen LogP contribution in [-0.4, -0.2) is 30.9 Å². The summed E-state index contributed by atoms with van der Waals surface area (Å²) in [6, 6.07) is 2.79. The maximum Gasteiger partial charge on any atom is 0.254 e. The molecule has 0 aliphatic carbocycles. The van der Waals surface area contributed by atoms with Crippen LogP contribution < -0.4 is 16.4 Å². The van der Waals surface area contributed by atoms with Gasteiger partial charge in [0.05, 0.1) is 5.56 Å². The fourth-order valence-corrected chi connectivity index (χ4v) is 1.75. The molecule has 1 atom stereocenters. The van der Waals surface area contributed by atoms with Gasteiger partial charge in [0.1, 0.15) is 11.6 Å². The Bertz CT molecular complexity index is 527. The molecule has 4 N–H and O–H groups in total. The highest BCUT2D eigenvalue weighted by molar-refractivity contribution is 5.94. The first kappa shape index (κ1) is 21.3. The number of nitrogens with two attached hydrogens (primary N) is 1. The van der Waals surface area contributed by atoms with Crippen molar-refractivity contribution < 1.29 is 18.4 Å². The SMILES string of the molecule is CC(N)CCNC(=O)CCCNC(=O)c1ccc(F)cc1F.Cl. The van der Waals surface area contributed by atoms with Gasteiger partial charge in [-0.2, -0.15) is 0 Å². The molecule has 1 aromatic carbocycles. The lowest BCUT2D eigenvalue weighted by Gasteiger charge is -2.08. The minimum absolute atomic E-state index is 0. The second-order valence-corrected chi connectivity index (χ2v) is 5.10. The number of hydrogen-bond acceptors (Lipinski definition) is 3. The van der Waals surface area contributed by atoms with Crippen LogP contribution in [0.2, 0.25) is 0 Å². The van der Waals surface area contributed by atoms with Crippen LogP contribution in [0.15, 0.2) is 18.2 Å². The molecule has 0 bridgehead atoms. The van der Waals surface area contributed by atoms with Crippen molar-refractivity contribution in [3.8, 4) is 0 Å². The Hall–Kier alpha value is -1.73. The molecule has 1 rings (SSSR count). The highest BCUT2D eigenvalue weighted by Crippen LogP contribution is 2.09. The van der Waals surface area contributed by atoms with Crippen LogP contribution in [0.3, 0.4) is 0 Å². The van der Waals surface area contributed by atoms with E-state index in [1.165, 1.54) is 0 Å². The van der Waals surface area contributed by atoms with Crippen molar-refractivity contribution in [3.63, 3.8) is 0 Å². The maximum absolute atomic E-state index is 13.4. The third kappa shape index (κ3) is 8.47. The molecule has 0 heterocycles. The summed E-state index contributed by atoms with van der Waals surface area (Å²) in [6.45, 7) is 2.61. The van der Waals surface area contributed by atoms with Crippen LogP contribution in [0.25, 0.3) is 0 Å². The van der Waals surface area contributed by atoms with Gasteiger partial charge in [-0.1, -0.05) is 0 Å². The average Bonchev–Trinajstić information content (AvgIpc) is 2.43. The first-order valence-corrected chi connectivity index (χ1v) is 7.15. The van der Waals surface area contributed by atoms with Crippen LogP contribution in [0.4, 0.5) is 8.78 Å². The average molecular weight is 350 g/mol. The lowest BCUT2D eigenvalue weighted by Crippen LogP contribution is -2.30. The molecule has 0 fully saturated rings. The summed E-state index contributed by atoms with van der Waals surface area (Å²) < 4.78 is 26.1. The first-order valence-electron chi connectivity index (χ1n) is 7.15. The fourth-order valence-electron chi connectivity index (χ4n) is 1.75. The quantitative estimate of drug-likeness (QED) is 0.625. The standard InChI is InChI=1S/C15H21F2N3O2.ClH/c1-10(18)6-8-19-14(21)3-2-7-20-15(22)12-5-4-11(16)9-13(12)17;/h4-5,9-10H,2-3,6-8,18H2,1H3,(H,19,21)(H,20,22);1H. The molecule has 5 nitrogen and oxygen atoms in total. The van der Waals surface area contributed by atoms with E-state index in [1.807, 2.05) is 6.92 Å². The number of nitrogens with one attached hydrogen (secondary N) is 2. The summed E-state index contributed by atoms with van der Waals surface area (Å²) >= 11 is 0. The van der Waals surface area contributed by atoms with Crippen LogP contribution in [0, 0.1) is 11.6 Å². The lowest BCUT2D eigenvalue weighted by atomic mass is 10.2. The lowest BCUT2D eigenvalue weighted by molar-refractivity contribution is -0.121. The van der Waals surface area contributed by atoms with Gasteiger partial charge in [0.25, 0.3) is 5.91 Å². The smallest absolute Gasteiger partial charge is 0.254 e. The first-order chi connectivity index (χ1) is 10.4. The van der Waals surface area contributed by atoms with E-state index < -0.39 is 17.5 Å². The van der Waals surface area contributed by atoms with E-state index in [0.717, 1.165) is 12.1 Å². The van der Waals surface area contributed by atoms with Gasteiger partial charge in [-0.05, 0) is 31.9 Å². The minimum Gasteiger partial charge on any atom is -0.356 e. The van der Waals surface area contributed by atoms with E-state index in [9.17, 15) is 18.4 Å². The third-order valence-electron chi connectivity index (χ3n) is 2.96. The van der Waals surface area contributed by atoms with E-state index >= 15 is 0 Å². The molecule has 8 heteroatoms. The van der Waals surface area contributed by atoms with Gasteiger partial charge in [0.15, 0.2) is 0 Å². The highest BCUT2D eigenvalue weighted by atomic mass is 35.5. The van der Waals surface area contributed by atoms with Gasteiger partial charge in [-0.3, -0.25) is 9.59 Å². The van der Waals surface area contributed by atoms with Gasteiger partial charge >= 0.3 is 0 Å². The molecule has 2 amide bonds. The van der Waals surface area contributed by atoms with Gasteiger partial charge < -0.3 is 16.4 Å². The normalized spacial score (nSPS) is 11.3. The van der Waals surface area contributed by atoms with Gasteiger partial charge in [-0.25, -0.2) is 8.78 Å². The molecular weight excluding hydrogens is 328 g/mol. The Kier molecular flexibility index (Phi) is 10.1. The van der Waals surface area contributed by atoms with E-state index in [1.54, 1.807) is 0 Å². The third-order valence-corrected chi connectivity index (χ3v) is 2.96. The van der Waals surface area contributed by atoms with Gasteiger partial charge in [-0.15, -0.1) is 12.4 Å². The van der Waals surface area contributed by atoms with Crippen molar-refractivity contribution in [1.82, 2.24) is 10.6 Å². The molecule has 0 aliphatic rings. The summed E-state index contributed by atoms with van der Waals surface area (Å²) in [4.78, 5) is 23.1. The number of benzene rings is 1. The summed E-state index contributed by atoms with van der Waals surface area (Å²) in [5, 5.41) is 5.20. The summed E-state index contributed by atoms with van der Waals surface area (Å²) in [7, 11) is 0. The van der Waals surface area contributed by atoms with Crippen LogP contribution in [0.1, 0.15) is 36.5 Å². The monoisotopic (exact) mass is 349 g/mol. The van der Waals surface area contributed by atoms with Crippen LogP contribution >= 0.6 is 12.4 Å².